The highest BCUT2D eigenvalue weighted by atomic mass is 16.5. The van der Waals surface area contributed by atoms with E-state index in [9.17, 15) is 0 Å². The minimum absolute atomic E-state index is 0.330. The zero-order valence-corrected chi connectivity index (χ0v) is 10.8. The van der Waals surface area contributed by atoms with Gasteiger partial charge in [0.1, 0.15) is 0 Å². The van der Waals surface area contributed by atoms with Crippen LogP contribution in [0, 0.1) is 5.41 Å². The van der Waals surface area contributed by atoms with Gasteiger partial charge in [-0.2, -0.15) is 0 Å². The van der Waals surface area contributed by atoms with Crippen LogP contribution in [0.25, 0.3) is 0 Å². The van der Waals surface area contributed by atoms with E-state index in [4.69, 9.17) is 4.74 Å². The van der Waals surface area contributed by atoms with Crippen molar-refractivity contribution in [1.82, 2.24) is 5.32 Å². The van der Waals surface area contributed by atoms with Crippen molar-refractivity contribution in [3.05, 3.63) is 35.4 Å². The molecule has 0 fully saturated rings. The van der Waals surface area contributed by atoms with Crippen molar-refractivity contribution in [1.29, 1.82) is 0 Å². The Labute approximate surface area is 99.0 Å². The van der Waals surface area contributed by atoms with Gasteiger partial charge in [-0.25, -0.2) is 0 Å². The first kappa shape index (κ1) is 13.2. The van der Waals surface area contributed by atoms with Crippen molar-refractivity contribution >= 4 is 0 Å². The second-order valence-corrected chi connectivity index (χ2v) is 5.37. The zero-order valence-electron chi connectivity index (χ0n) is 10.8. The summed E-state index contributed by atoms with van der Waals surface area (Å²) in [7, 11) is 1.74. The van der Waals surface area contributed by atoms with Crippen LogP contribution in [0.5, 0.6) is 0 Å². The fourth-order valence-electron chi connectivity index (χ4n) is 1.60. The van der Waals surface area contributed by atoms with E-state index in [1.54, 1.807) is 7.11 Å². The van der Waals surface area contributed by atoms with Crippen molar-refractivity contribution in [2.45, 2.75) is 33.9 Å². The molecule has 0 amide bonds. The van der Waals surface area contributed by atoms with Gasteiger partial charge in [-0.15, -0.1) is 0 Å². The zero-order chi connectivity index (χ0) is 12.0. The number of benzene rings is 1. The van der Waals surface area contributed by atoms with E-state index >= 15 is 0 Å². The van der Waals surface area contributed by atoms with Crippen molar-refractivity contribution in [3.8, 4) is 0 Å². The van der Waals surface area contributed by atoms with E-state index in [1.807, 2.05) is 0 Å². The van der Waals surface area contributed by atoms with Gasteiger partial charge in [0.25, 0.3) is 0 Å². The Kier molecular flexibility index (Phi) is 4.97. The molecule has 2 heteroatoms. The number of methoxy groups -OCH3 is 1. The van der Waals surface area contributed by atoms with Crippen LogP contribution in [0.1, 0.15) is 31.9 Å². The Bertz CT molecular complexity index is 315. The van der Waals surface area contributed by atoms with Gasteiger partial charge >= 0.3 is 0 Å². The maximum Gasteiger partial charge on any atom is 0.0716 e. The van der Waals surface area contributed by atoms with Gasteiger partial charge in [-0.05, 0) is 16.5 Å². The molecule has 0 saturated carbocycles. The van der Waals surface area contributed by atoms with Gasteiger partial charge in [0, 0.05) is 20.2 Å². The first-order valence-corrected chi connectivity index (χ1v) is 5.79. The lowest BCUT2D eigenvalue weighted by molar-refractivity contribution is 0.184. The molecule has 0 saturated heterocycles. The smallest absolute Gasteiger partial charge is 0.0716 e. The fourth-order valence-corrected chi connectivity index (χ4v) is 1.60. The first-order chi connectivity index (χ1) is 7.53. The Balaban J connectivity index is 2.52. The molecule has 1 aromatic rings. The summed E-state index contributed by atoms with van der Waals surface area (Å²) in [5.41, 5.74) is 2.93. The molecular formula is C14H23NO. The summed E-state index contributed by atoms with van der Waals surface area (Å²) in [4.78, 5) is 0. The molecule has 1 aromatic carbocycles. The fraction of sp³-hybridized carbons (Fsp3) is 0.571. The number of ether oxygens (including phenoxy) is 1. The molecule has 2 nitrogen and oxygen atoms in total. The standard InChI is InChI=1S/C14H23NO/c1-14(2,3)11-15-9-12-7-5-6-8-13(12)10-16-4/h5-8,15H,9-11H2,1-4H3. The van der Waals surface area contributed by atoms with Gasteiger partial charge in [0.2, 0.25) is 0 Å². The van der Waals surface area contributed by atoms with E-state index in [0.29, 0.717) is 12.0 Å². The highest BCUT2D eigenvalue weighted by molar-refractivity contribution is 5.26. The molecule has 1 rings (SSSR count). The molecular weight excluding hydrogens is 198 g/mol. The van der Waals surface area contributed by atoms with Crippen LogP contribution in [-0.4, -0.2) is 13.7 Å². The van der Waals surface area contributed by atoms with E-state index in [2.05, 4.69) is 50.4 Å². The minimum atomic E-state index is 0.330. The van der Waals surface area contributed by atoms with Gasteiger partial charge in [0.05, 0.1) is 6.61 Å². The van der Waals surface area contributed by atoms with Crippen molar-refractivity contribution in [2.24, 2.45) is 5.41 Å². The van der Waals surface area contributed by atoms with Crippen molar-refractivity contribution < 1.29 is 4.74 Å². The lowest BCUT2D eigenvalue weighted by atomic mass is 9.97. The van der Waals surface area contributed by atoms with Crippen LogP contribution < -0.4 is 5.32 Å². The van der Waals surface area contributed by atoms with Gasteiger partial charge in [0.15, 0.2) is 0 Å². The second-order valence-electron chi connectivity index (χ2n) is 5.37. The molecule has 0 aliphatic heterocycles. The SMILES string of the molecule is COCc1ccccc1CNCC(C)(C)C. The molecule has 0 radical (unpaired) electrons. The highest BCUT2D eigenvalue weighted by Crippen LogP contribution is 2.13. The van der Waals surface area contributed by atoms with Gasteiger partial charge in [-0.1, -0.05) is 45.0 Å². The van der Waals surface area contributed by atoms with Crippen LogP contribution in [0.2, 0.25) is 0 Å². The second kappa shape index (κ2) is 6.02. The summed E-state index contributed by atoms with van der Waals surface area (Å²) < 4.78 is 5.19. The molecule has 0 aromatic heterocycles. The summed E-state index contributed by atoms with van der Waals surface area (Å²) >= 11 is 0. The lowest BCUT2D eigenvalue weighted by Crippen LogP contribution is -2.26. The lowest BCUT2D eigenvalue weighted by Gasteiger charge is -2.19. The molecule has 1 N–H and O–H groups in total. The predicted octanol–water partition coefficient (Wildman–Crippen LogP) is 2.97. The molecule has 0 atom stereocenters. The van der Waals surface area contributed by atoms with E-state index in [-0.39, 0.29) is 0 Å². The third kappa shape index (κ3) is 4.77. The minimum Gasteiger partial charge on any atom is -0.380 e. The van der Waals surface area contributed by atoms with Crippen LogP contribution in [0.3, 0.4) is 0 Å². The average Bonchev–Trinajstić information content (AvgIpc) is 2.19. The van der Waals surface area contributed by atoms with E-state index in [1.165, 1.54) is 11.1 Å². The number of rotatable bonds is 5. The molecule has 0 aliphatic carbocycles. The number of hydrogen-bond donors (Lipinski definition) is 1. The Morgan fingerprint density at radius 3 is 2.31 bits per heavy atom. The Hall–Kier alpha value is -0.860. The maximum atomic E-state index is 5.19. The quantitative estimate of drug-likeness (QED) is 0.825. The molecule has 16 heavy (non-hydrogen) atoms. The molecule has 0 bridgehead atoms. The topological polar surface area (TPSA) is 21.3 Å². The number of nitrogens with one attached hydrogen (secondary N) is 1. The van der Waals surface area contributed by atoms with E-state index in [0.717, 1.165) is 13.1 Å². The molecule has 0 aliphatic rings. The van der Waals surface area contributed by atoms with Crippen molar-refractivity contribution in [3.63, 3.8) is 0 Å². The third-order valence-corrected chi connectivity index (χ3v) is 2.39. The van der Waals surface area contributed by atoms with Crippen LogP contribution in [-0.2, 0) is 17.9 Å². The van der Waals surface area contributed by atoms with Crippen LogP contribution >= 0.6 is 0 Å². The monoisotopic (exact) mass is 221 g/mol. The molecule has 0 spiro atoms. The summed E-state index contributed by atoms with van der Waals surface area (Å²) in [6.07, 6.45) is 0. The predicted molar refractivity (Wildman–Crippen MR) is 68.3 cm³/mol. The van der Waals surface area contributed by atoms with E-state index < -0.39 is 0 Å². The van der Waals surface area contributed by atoms with Gasteiger partial charge in [-0.3, -0.25) is 0 Å². The number of hydrogen-bond acceptors (Lipinski definition) is 2. The normalized spacial score (nSPS) is 11.8. The maximum absolute atomic E-state index is 5.19. The van der Waals surface area contributed by atoms with Gasteiger partial charge < -0.3 is 10.1 Å². The Morgan fingerprint density at radius 2 is 1.75 bits per heavy atom. The van der Waals surface area contributed by atoms with Crippen molar-refractivity contribution in [2.75, 3.05) is 13.7 Å². The molecule has 0 unspecified atom stereocenters. The highest BCUT2D eigenvalue weighted by Gasteiger charge is 2.09. The van der Waals surface area contributed by atoms with Crippen LogP contribution in [0.4, 0.5) is 0 Å². The molecule has 90 valence electrons. The average molecular weight is 221 g/mol. The Morgan fingerprint density at radius 1 is 1.12 bits per heavy atom. The summed E-state index contributed by atoms with van der Waals surface area (Å²) in [6.45, 7) is 9.33. The first-order valence-electron chi connectivity index (χ1n) is 5.79. The summed E-state index contributed by atoms with van der Waals surface area (Å²) in [6, 6.07) is 8.41. The summed E-state index contributed by atoms with van der Waals surface area (Å²) in [5.74, 6) is 0. The summed E-state index contributed by atoms with van der Waals surface area (Å²) in [5, 5.41) is 3.48. The van der Waals surface area contributed by atoms with Crippen LogP contribution in [0.15, 0.2) is 24.3 Å². The largest absolute Gasteiger partial charge is 0.380 e. The third-order valence-electron chi connectivity index (χ3n) is 2.39. The molecule has 0 heterocycles.